The maximum atomic E-state index is 12.0. The van der Waals surface area contributed by atoms with Crippen LogP contribution in [0.5, 0.6) is 0 Å². The number of carbonyl (C=O) groups is 1. The predicted octanol–water partition coefficient (Wildman–Crippen LogP) is 2.39. The molecular weight excluding hydrogens is 252 g/mol. The van der Waals surface area contributed by atoms with Gasteiger partial charge in [-0.15, -0.1) is 0 Å². The number of rotatable bonds is 5. The Morgan fingerprint density at radius 3 is 2.65 bits per heavy atom. The van der Waals surface area contributed by atoms with Gasteiger partial charge in [0.1, 0.15) is 6.04 Å². The quantitative estimate of drug-likeness (QED) is 0.848. The fourth-order valence-corrected chi connectivity index (χ4v) is 2.03. The van der Waals surface area contributed by atoms with E-state index in [2.05, 4.69) is 10.3 Å². The molecule has 1 aromatic heterocycles. The third-order valence-electron chi connectivity index (χ3n) is 3.11. The second-order valence-corrected chi connectivity index (χ2v) is 4.53. The van der Waals surface area contributed by atoms with Crippen LogP contribution in [0.15, 0.2) is 48.7 Å². The van der Waals surface area contributed by atoms with E-state index in [1.807, 2.05) is 49.4 Å². The molecule has 0 saturated heterocycles. The van der Waals surface area contributed by atoms with Crippen molar-refractivity contribution in [3.8, 4) is 0 Å². The van der Waals surface area contributed by atoms with Gasteiger partial charge in [-0.3, -0.25) is 10.3 Å². The van der Waals surface area contributed by atoms with Crippen molar-refractivity contribution in [1.82, 2.24) is 10.3 Å². The molecular formula is C16H18N2O2. The zero-order valence-electron chi connectivity index (χ0n) is 11.7. The van der Waals surface area contributed by atoms with Gasteiger partial charge in [0.05, 0.1) is 12.8 Å². The van der Waals surface area contributed by atoms with Crippen LogP contribution in [0.2, 0.25) is 0 Å². The SMILES string of the molecule is COC(=O)C(NCc1ccccc1)c1ncccc1C. The number of hydrogen-bond donors (Lipinski definition) is 1. The van der Waals surface area contributed by atoms with Gasteiger partial charge in [-0.25, -0.2) is 4.79 Å². The summed E-state index contributed by atoms with van der Waals surface area (Å²) in [5.41, 5.74) is 2.77. The molecule has 104 valence electrons. The van der Waals surface area contributed by atoms with E-state index in [0.29, 0.717) is 12.2 Å². The number of benzene rings is 1. The molecule has 2 rings (SSSR count). The zero-order valence-corrected chi connectivity index (χ0v) is 11.7. The van der Waals surface area contributed by atoms with Crippen LogP contribution in [-0.2, 0) is 16.1 Å². The van der Waals surface area contributed by atoms with E-state index >= 15 is 0 Å². The van der Waals surface area contributed by atoms with Crippen LogP contribution >= 0.6 is 0 Å². The molecule has 2 aromatic rings. The zero-order chi connectivity index (χ0) is 14.4. The highest BCUT2D eigenvalue weighted by Gasteiger charge is 2.23. The van der Waals surface area contributed by atoms with E-state index < -0.39 is 6.04 Å². The number of carbonyl (C=O) groups excluding carboxylic acids is 1. The number of pyridine rings is 1. The molecule has 0 radical (unpaired) electrons. The Hall–Kier alpha value is -2.20. The van der Waals surface area contributed by atoms with Gasteiger partial charge >= 0.3 is 5.97 Å². The van der Waals surface area contributed by atoms with Crippen molar-refractivity contribution in [3.63, 3.8) is 0 Å². The highest BCUT2D eigenvalue weighted by Crippen LogP contribution is 2.16. The van der Waals surface area contributed by atoms with E-state index in [9.17, 15) is 4.79 Å². The van der Waals surface area contributed by atoms with E-state index in [0.717, 1.165) is 11.1 Å². The lowest BCUT2D eigenvalue weighted by Crippen LogP contribution is -2.30. The number of hydrogen-bond acceptors (Lipinski definition) is 4. The second-order valence-electron chi connectivity index (χ2n) is 4.53. The fourth-order valence-electron chi connectivity index (χ4n) is 2.03. The minimum Gasteiger partial charge on any atom is -0.468 e. The number of aryl methyl sites for hydroxylation is 1. The Kier molecular flexibility index (Phi) is 4.85. The van der Waals surface area contributed by atoms with Crippen LogP contribution < -0.4 is 5.32 Å². The maximum Gasteiger partial charge on any atom is 0.329 e. The van der Waals surface area contributed by atoms with E-state index in [4.69, 9.17) is 4.74 Å². The summed E-state index contributed by atoms with van der Waals surface area (Å²) < 4.78 is 4.87. The topological polar surface area (TPSA) is 51.2 Å². The lowest BCUT2D eigenvalue weighted by atomic mass is 10.1. The van der Waals surface area contributed by atoms with E-state index in [-0.39, 0.29) is 5.97 Å². The lowest BCUT2D eigenvalue weighted by molar-refractivity contribution is -0.143. The molecule has 0 aliphatic rings. The molecule has 4 heteroatoms. The Labute approximate surface area is 118 Å². The molecule has 0 amide bonds. The smallest absolute Gasteiger partial charge is 0.329 e. The van der Waals surface area contributed by atoms with Crippen LogP contribution in [0, 0.1) is 6.92 Å². The minimum absolute atomic E-state index is 0.331. The molecule has 1 heterocycles. The molecule has 20 heavy (non-hydrogen) atoms. The summed E-state index contributed by atoms with van der Waals surface area (Å²) >= 11 is 0. The number of nitrogens with zero attached hydrogens (tertiary/aromatic N) is 1. The van der Waals surface area contributed by atoms with E-state index in [1.165, 1.54) is 7.11 Å². The third-order valence-corrected chi connectivity index (χ3v) is 3.11. The normalized spacial score (nSPS) is 11.9. The van der Waals surface area contributed by atoms with Crippen molar-refractivity contribution in [2.75, 3.05) is 7.11 Å². The number of nitrogens with one attached hydrogen (secondary N) is 1. The monoisotopic (exact) mass is 270 g/mol. The predicted molar refractivity (Wildman–Crippen MR) is 77.0 cm³/mol. The Bertz CT molecular complexity index is 570. The maximum absolute atomic E-state index is 12.0. The van der Waals surface area contributed by atoms with Crippen molar-refractivity contribution in [2.24, 2.45) is 0 Å². The molecule has 0 bridgehead atoms. The molecule has 1 unspecified atom stereocenters. The van der Waals surface area contributed by atoms with Crippen LogP contribution in [0.3, 0.4) is 0 Å². The van der Waals surface area contributed by atoms with Crippen molar-refractivity contribution in [2.45, 2.75) is 19.5 Å². The van der Waals surface area contributed by atoms with Crippen LogP contribution in [0.1, 0.15) is 22.9 Å². The summed E-state index contributed by atoms with van der Waals surface area (Å²) in [4.78, 5) is 16.3. The lowest BCUT2D eigenvalue weighted by Gasteiger charge is -2.17. The van der Waals surface area contributed by atoms with Gasteiger partial charge in [-0.05, 0) is 24.1 Å². The van der Waals surface area contributed by atoms with Crippen LogP contribution in [0.4, 0.5) is 0 Å². The number of ether oxygens (including phenoxy) is 1. The van der Waals surface area contributed by atoms with Crippen molar-refractivity contribution < 1.29 is 9.53 Å². The third kappa shape index (κ3) is 3.42. The molecule has 0 fully saturated rings. The first kappa shape index (κ1) is 14.2. The second kappa shape index (κ2) is 6.82. The van der Waals surface area contributed by atoms with Crippen molar-refractivity contribution in [1.29, 1.82) is 0 Å². The first-order valence-corrected chi connectivity index (χ1v) is 6.49. The average Bonchev–Trinajstić information content (AvgIpc) is 2.50. The average molecular weight is 270 g/mol. The number of methoxy groups -OCH3 is 1. The minimum atomic E-state index is -0.554. The molecule has 0 spiro atoms. The first-order valence-electron chi connectivity index (χ1n) is 6.49. The van der Waals surface area contributed by atoms with Gasteiger partial charge < -0.3 is 4.74 Å². The Morgan fingerprint density at radius 2 is 2.00 bits per heavy atom. The van der Waals surface area contributed by atoms with Crippen molar-refractivity contribution in [3.05, 3.63) is 65.5 Å². The highest BCUT2D eigenvalue weighted by molar-refractivity contribution is 5.77. The molecule has 4 nitrogen and oxygen atoms in total. The number of aromatic nitrogens is 1. The Morgan fingerprint density at radius 1 is 1.25 bits per heavy atom. The molecule has 1 atom stereocenters. The largest absolute Gasteiger partial charge is 0.468 e. The summed E-state index contributed by atoms with van der Waals surface area (Å²) in [6, 6.07) is 13.1. The van der Waals surface area contributed by atoms with Gasteiger partial charge in [0.2, 0.25) is 0 Å². The Balaban J connectivity index is 2.17. The van der Waals surface area contributed by atoms with Gasteiger partial charge in [-0.1, -0.05) is 36.4 Å². The summed E-state index contributed by atoms with van der Waals surface area (Å²) in [5, 5.41) is 3.21. The first-order chi connectivity index (χ1) is 9.72. The van der Waals surface area contributed by atoms with Crippen LogP contribution in [-0.4, -0.2) is 18.1 Å². The summed E-state index contributed by atoms with van der Waals surface area (Å²) in [6.45, 7) is 2.51. The summed E-state index contributed by atoms with van der Waals surface area (Å²) in [7, 11) is 1.39. The van der Waals surface area contributed by atoms with Gasteiger partial charge in [0, 0.05) is 12.7 Å². The summed E-state index contributed by atoms with van der Waals surface area (Å²) in [5.74, 6) is -0.331. The molecule has 0 aliphatic heterocycles. The van der Waals surface area contributed by atoms with Gasteiger partial charge in [0.25, 0.3) is 0 Å². The summed E-state index contributed by atoms with van der Waals surface area (Å²) in [6.07, 6.45) is 1.68. The van der Waals surface area contributed by atoms with Gasteiger partial charge in [0.15, 0.2) is 0 Å². The molecule has 0 aliphatic carbocycles. The standard InChI is InChI=1S/C16H18N2O2/c1-12-7-6-10-17-14(12)15(16(19)20-2)18-11-13-8-4-3-5-9-13/h3-10,15,18H,11H2,1-2H3. The van der Waals surface area contributed by atoms with Crippen molar-refractivity contribution >= 4 is 5.97 Å². The molecule has 1 N–H and O–H groups in total. The highest BCUT2D eigenvalue weighted by atomic mass is 16.5. The number of esters is 1. The molecule has 1 aromatic carbocycles. The molecule has 0 saturated carbocycles. The van der Waals surface area contributed by atoms with E-state index in [1.54, 1.807) is 6.20 Å². The fraction of sp³-hybridized carbons (Fsp3) is 0.250. The van der Waals surface area contributed by atoms with Gasteiger partial charge in [-0.2, -0.15) is 0 Å². The van der Waals surface area contributed by atoms with Crippen LogP contribution in [0.25, 0.3) is 0 Å².